The largest absolute Gasteiger partial charge is 0.497 e. The van der Waals surface area contributed by atoms with Gasteiger partial charge in [-0.05, 0) is 28.7 Å². The van der Waals surface area contributed by atoms with E-state index in [2.05, 4.69) is 9.97 Å². The minimum absolute atomic E-state index is 0.0329. The SMILES string of the molecule is COc1ccc([N+](=O)[O-])c(Oc2ncc(I)cn2)c1. The van der Waals surface area contributed by atoms with E-state index in [1.165, 1.54) is 25.3 Å². The number of nitro groups is 1. The van der Waals surface area contributed by atoms with Gasteiger partial charge in [0.15, 0.2) is 0 Å². The van der Waals surface area contributed by atoms with Crippen molar-refractivity contribution in [3.05, 3.63) is 44.3 Å². The van der Waals surface area contributed by atoms with Crippen molar-refractivity contribution < 1.29 is 14.4 Å². The normalized spacial score (nSPS) is 10.0. The van der Waals surface area contributed by atoms with Crippen molar-refractivity contribution in [2.45, 2.75) is 0 Å². The van der Waals surface area contributed by atoms with E-state index in [1.54, 1.807) is 12.4 Å². The molecule has 98 valence electrons. The minimum atomic E-state index is -0.540. The predicted molar refractivity (Wildman–Crippen MR) is 74.5 cm³/mol. The molecule has 2 rings (SSSR count). The monoisotopic (exact) mass is 373 g/mol. The Bertz CT molecular complexity index is 603. The van der Waals surface area contributed by atoms with Gasteiger partial charge in [0.25, 0.3) is 0 Å². The lowest BCUT2D eigenvalue weighted by Crippen LogP contribution is -1.97. The van der Waals surface area contributed by atoms with E-state index in [-0.39, 0.29) is 17.4 Å². The van der Waals surface area contributed by atoms with Crippen molar-refractivity contribution in [1.29, 1.82) is 0 Å². The second kappa shape index (κ2) is 5.78. The topological polar surface area (TPSA) is 87.4 Å². The van der Waals surface area contributed by atoms with Gasteiger partial charge in [-0.2, -0.15) is 0 Å². The number of halogens is 1. The van der Waals surface area contributed by atoms with E-state index in [0.717, 1.165) is 3.57 Å². The molecular weight excluding hydrogens is 365 g/mol. The molecule has 1 aromatic carbocycles. The van der Waals surface area contributed by atoms with Crippen molar-refractivity contribution in [2.24, 2.45) is 0 Å². The third kappa shape index (κ3) is 3.28. The van der Waals surface area contributed by atoms with Gasteiger partial charge in [-0.15, -0.1) is 0 Å². The van der Waals surface area contributed by atoms with Crippen LogP contribution in [-0.2, 0) is 0 Å². The lowest BCUT2D eigenvalue weighted by molar-refractivity contribution is -0.385. The van der Waals surface area contributed by atoms with Crippen LogP contribution >= 0.6 is 22.6 Å². The highest BCUT2D eigenvalue weighted by atomic mass is 127. The molecule has 0 saturated heterocycles. The van der Waals surface area contributed by atoms with Crippen LogP contribution in [0.5, 0.6) is 17.5 Å². The van der Waals surface area contributed by atoms with Gasteiger partial charge < -0.3 is 9.47 Å². The van der Waals surface area contributed by atoms with Crippen molar-refractivity contribution in [2.75, 3.05) is 7.11 Å². The molecule has 19 heavy (non-hydrogen) atoms. The number of methoxy groups -OCH3 is 1. The molecule has 0 aliphatic heterocycles. The van der Waals surface area contributed by atoms with Crippen LogP contribution in [0.3, 0.4) is 0 Å². The van der Waals surface area contributed by atoms with E-state index < -0.39 is 4.92 Å². The van der Waals surface area contributed by atoms with Crippen LogP contribution in [0.25, 0.3) is 0 Å². The molecule has 0 bridgehead atoms. The summed E-state index contributed by atoms with van der Waals surface area (Å²) in [4.78, 5) is 18.2. The predicted octanol–water partition coefficient (Wildman–Crippen LogP) is 2.79. The molecule has 0 N–H and O–H groups in total. The molecule has 1 heterocycles. The number of nitrogens with zero attached hydrogens (tertiary/aromatic N) is 3. The Morgan fingerprint density at radius 3 is 2.58 bits per heavy atom. The summed E-state index contributed by atoms with van der Waals surface area (Å²) in [5.74, 6) is 0.483. The summed E-state index contributed by atoms with van der Waals surface area (Å²) >= 11 is 2.05. The summed E-state index contributed by atoms with van der Waals surface area (Å²) in [6, 6.07) is 4.25. The molecule has 0 saturated carbocycles. The summed E-state index contributed by atoms with van der Waals surface area (Å²) in [6.07, 6.45) is 3.10. The number of nitro benzene ring substituents is 1. The van der Waals surface area contributed by atoms with Gasteiger partial charge >= 0.3 is 11.7 Å². The van der Waals surface area contributed by atoms with Crippen LogP contribution in [0.15, 0.2) is 30.6 Å². The maximum absolute atomic E-state index is 10.9. The first kappa shape index (κ1) is 13.5. The van der Waals surface area contributed by atoms with Gasteiger partial charge in [0.05, 0.1) is 12.0 Å². The Balaban J connectivity index is 2.36. The molecule has 0 amide bonds. The third-order valence-corrected chi connectivity index (χ3v) is 2.72. The maximum Gasteiger partial charge on any atom is 0.322 e. The van der Waals surface area contributed by atoms with Crippen LogP contribution in [0, 0.1) is 13.7 Å². The molecule has 8 heteroatoms. The number of rotatable bonds is 4. The van der Waals surface area contributed by atoms with Gasteiger partial charge in [0, 0.05) is 28.1 Å². The zero-order chi connectivity index (χ0) is 13.8. The van der Waals surface area contributed by atoms with Crippen LogP contribution in [-0.4, -0.2) is 22.0 Å². The average molecular weight is 373 g/mol. The summed E-state index contributed by atoms with van der Waals surface area (Å²) in [5.41, 5.74) is -0.178. The van der Waals surface area contributed by atoms with Gasteiger partial charge in [0.2, 0.25) is 5.75 Å². The first-order valence-corrected chi connectivity index (χ1v) is 6.16. The maximum atomic E-state index is 10.9. The Morgan fingerprint density at radius 2 is 2.00 bits per heavy atom. The van der Waals surface area contributed by atoms with E-state index in [1.807, 2.05) is 22.6 Å². The smallest absolute Gasteiger partial charge is 0.322 e. The molecule has 0 spiro atoms. The Kier molecular flexibility index (Phi) is 4.10. The lowest BCUT2D eigenvalue weighted by atomic mass is 10.3. The first-order valence-electron chi connectivity index (χ1n) is 5.08. The minimum Gasteiger partial charge on any atom is -0.497 e. The van der Waals surface area contributed by atoms with Crippen molar-refractivity contribution in [1.82, 2.24) is 9.97 Å². The standard InChI is InChI=1S/C11H8IN3O4/c1-18-8-2-3-9(15(16)17)10(4-8)19-11-13-5-7(12)6-14-11/h2-6H,1H3. The van der Waals surface area contributed by atoms with Crippen LogP contribution in [0.2, 0.25) is 0 Å². The van der Waals surface area contributed by atoms with Crippen molar-refractivity contribution in [3.8, 4) is 17.5 Å². The molecule has 0 fully saturated rings. The average Bonchev–Trinajstić information content (AvgIpc) is 2.41. The second-order valence-corrected chi connectivity index (χ2v) is 4.62. The molecule has 1 aromatic heterocycles. The summed E-state index contributed by atoms with van der Waals surface area (Å²) in [6.45, 7) is 0. The van der Waals surface area contributed by atoms with E-state index in [9.17, 15) is 10.1 Å². The molecule has 7 nitrogen and oxygen atoms in total. The number of benzene rings is 1. The number of hydrogen-bond acceptors (Lipinski definition) is 6. The zero-order valence-corrected chi connectivity index (χ0v) is 11.9. The number of aromatic nitrogens is 2. The highest BCUT2D eigenvalue weighted by Gasteiger charge is 2.17. The highest BCUT2D eigenvalue weighted by molar-refractivity contribution is 14.1. The highest BCUT2D eigenvalue weighted by Crippen LogP contribution is 2.33. The quantitative estimate of drug-likeness (QED) is 0.465. The number of ether oxygens (including phenoxy) is 2. The van der Waals surface area contributed by atoms with Crippen molar-refractivity contribution in [3.63, 3.8) is 0 Å². The van der Waals surface area contributed by atoms with Gasteiger partial charge in [-0.1, -0.05) is 0 Å². The Hall–Kier alpha value is -1.97. The zero-order valence-electron chi connectivity index (χ0n) is 9.74. The molecule has 0 radical (unpaired) electrons. The molecule has 0 aliphatic carbocycles. The van der Waals surface area contributed by atoms with Gasteiger partial charge in [-0.3, -0.25) is 10.1 Å². The molecule has 2 aromatic rings. The Morgan fingerprint density at radius 1 is 1.32 bits per heavy atom. The molecule has 0 unspecified atom stereocenters. The molecule has 0 atom stereocenters. The molecular formula is C11H8IN3O4. The van der Waals surface area contributed by atoms with Gasteiger partial charge in [-0.25, -0.2) is 9.97 Å². The molecule has 0 aliphatic rings. The summed E-state index contributed by atoms with van der Waals surface area (Å²) < 4.78 is 11.2. The third-order valence-electron chi connectivity index (χ3n) is 2.16. The fourth-order valence-electron chi connectivity index (χ4n) is 1.31. The van der Waals surface area contributed by atoms with Crippen LogP contribution in [0.4, 0.5) is 5.69 Å². The number of hydrogen-bond donors (Lipinski definition) is 0. The van der Waals surface area contributed by atoms with Crippen molar-refractivity contribution >= 4 is 28.3 Å². The Labute approximate surface area is 121 Å². The van der Waals surface area contributed by atoms with Gasteiger partial charge in [0.1, 0.15) is 5.75 Å². The van der Waals surface area contributed by atoms with E-state index >= 15 is 0 Å². The van der Waals surface area contributed by atoms with E-state index in [0.29, 0.717) is 5.75 Å². The van der Waals surface area contributed by atoms with Crippen LogP contribution in [0.1, 0.15) is 0 Å². The second-order valence-electron chi connectivity index (χ2n) is 3.38. The summed E-state index contributed by atoms with van der Waals surface area (Å²) in [5, 5.41) is 10.9. The fraction of sp³-hybridized carbons (Fsp3) is 0.0909. The first-order chi connectivity index (χ1) is 9.10. The fourth-order valence-corrected chi connectivity index (χ4v) is 1.58. The van der Waals surface area contributed by atoms with Crippen LogP contribution < -0.4 is 9.47 Å². The van der Waals surface area contributed by atoms with E-state index in [4.69, 9.17) is 9.47 Å². The summed E-state index contributed by atoms with van der Waals surface area (Å²) in [7, 11) is 1.46. The lowest BCUT2D eigenvalue weighted by Gasteiger charge is -2.06.